The maximum atomic E-state index is 13.4. The molecule has 1 aromatic rings. The van der Waals surface area contributed by atoms with E-state index >= 15 is 0 Å². The van der Waals surface area contributed by atoms with Gasteiger partial charge in [0.25, 0.3) is 0 Å². The Kier molecular flexibility index (Phi) is 3.06. The number of nitro benzene ring substituents is 1. The second-order valence-corrected chi connectivity index (χ2v) is 4.18. The molecule has 0 bridgehead atoms. The van der Waals surface area contributed by atoms with Crippen molar-refractivity contribution in [2.24, 2.45) is 0 Å². The van der Waals surface area contributed by atoms with E-state index in [0.29, 0.717) is 17.7 Å². The van der Waals surface area contributed by atoms with Crippen molar-refractivity contribution >= 4 is 21.6 Å². The van der Waals surface area contributed by atoms with E-state index < -0.39 is 16.4 Å². The number of benzene rings is 1. The molecule has 0 atom stereocenters. The van der Waals surface area contributed by atoms with Crippen LogP contribution in [0.5, 0.6) is 5.75 Å². The normalized spacial score (nSPS) is 15.6. The maximum Gasteiger partial charge on any atom is 0.346 e. The highest BCUT2D eigenvalue weighted by Crippen LogP contribution is 2.34. The number of hydrogen-bond acceptors (Lipinski definition) is 4. The smallest absolute Gasteiger partial charge is 0.346 e. The summed E-state index contributed by atoms with van der Waals surface area (Å²) in [5.41, 5.74) is -0.643. The summed E-state index contributed by atoms with van der Waals surface area (Å²) in [4.78, 5) is 9.89. The first-order valence-electron chi connectivity index (χ1n) is 4.46. The topological polar surface area (TPSA) is 61.6 Å². The van der Waals surface area contributed by atoms with E-state index in [1.165, 1.54) is 6.07 Å². The molecule has 0 aromatic heterocycles. The highest BCUT2D eigenvalue weighted by atomic mass is 79.9. The van der Waals surface area contributed by atoms with Gasteiger partial charge in [0.2, 0.25) is 11.6 Å². The first-order chi connectivity index (χ1) is 7.58. The van der Waals surface area contributed by atoms with E-state index in [1.807, 2.05) is 0 Å². The number of halogens is 2. The molecule has 5 nitrogen and oxygen atoms in total. The number of hydrogen-bond donors (Lipinski definition) is 0. The highest BCUT2D eigenvalue weighted by Gasteiger charge is 2.28. The van der Waals surface area contributed by atoms with Crippen molar-refractivity contribution in [2.75, 3.05) is 13.2 Å². The molecule has 86 valence electrons. The predicted octanol–water partition coefficient (Wildman–Crippen LogP) is 2.27. The fourth-order valence-electron chi connectivity index (χ4n) is 1.27. The SMILES string of the molecule is O=[N+]([O-])c1c(F)cc(Br)cc1OC1COC1. The van der Waals surface area contributed by atoms with E-state index in [9.17, 15) is 14.5 Å². The molecule has 1 aliphatic heterocycles. The van der Waals surface area contributed by atoms with Gasteiger partial charge in [-0.3, -0.25) is 10.1 Å². The van der Waals surface area contributed by atoms with Gasteiger partial charge in [0.15, 0.2) is 0 Å². The quantitative estimate of drug-likeness (QED) is 0.633. The fourth-order valence-corrected chi connectivity index (χ4v) is 1.68. The standard InChI is InChI=1S/C9H7BrFNO4/c10-5-1-7(11)9(12(13)14)8(2-5)16-6-3-15-4-6/h1-2,6H,3-4H2. The van der Waals surface area contributed by atoms with Gasteiger partial charge < -0.3 is 9.47 Å². The van der Waals surface area contributed by atoms with Crippen molar-refractivity contribution in [3.05, 3.63) is 32.5 Å². The number of nitrogens with zero attached hydrogens (tertiary/aromatic N) is 1. The number of rotatable bonds is 3. The lowest BCUT2D eigenvalue weighted by atomic mass is 10.2. The second kappa shape index (κ2) is 4.34. The molecule has 0 saturated carbocycles. The third-order valence-electron chi connectivity index (χ3n) is 2.08. The molecular formula is C9H7BrFNO4. The Hall–Kier alpha value is -1.21. The van der Waals surface area contributed by atoms with Crippen LogP contribution < -0.4 is 4.74 Å². The van der Waals surface area contributed by atoms with Crippen molar-refractivity contribution in [1.82, 2.24) is 0 Å². The summed E-state index contributed by atoms with van der Waals surface area (Å²) in [5, 5.41) is 10.7. The van der Waals surface area contributed by atoms with Crippen molar-refractivity contribution in [3.8, 4) is 5.75 Å². The summed E-state index contributed by atoms with van der Waals surface area (Å²) < 4.78 is 23.9. The molecular weight excluding hydrogens is 285 g/mol. The van der Waals surface area contributed by atoms with Gasteiger partial charge in [0.1, 0.15) is 6.10 Å². The van der Waals surface area contributed by atoms with Crippen LogP contribution in [-0.2, 0) is 4.74 Å². The fraction of sp³-hybridized carbons (Fsp3) is 0.333. The zero-order valence-electron chi connectivity index (χ0n) is 7.98. The first kappa shape index (κ1) is 11.3. The van der Waals surface area contributed by atoms with Gasteiger partial charge in [-0.2, -0.15) is 4.39 Å². The Morgan fingerprint density at radius 1 is 1.56 bits per heavy atom. The predicted molar refractivity (Wildman–Crippen MR) is 56.0 cm³/mol. The lowest BCUT2D eigenvalue weighted by molar-refractivity contribution is -0.389. The number of ether oxygens (including phenoxy) is 2. The van der Waals surface area contributed by atoms with Crippen LogP contribution in [0, 0.1) is 15.9 Å². The van der Waals surface area contributed by atoms with Gasteiger partial charge >= 0.3 is 5.69 Å². The van der Waals surface area contributed by atoms with Crippen LogP contribution in [0.2, 0.25) is 0 Å². The molecule has 1 aliphatic rings. The minimum absolute atomic E-state index is 0.0785. The summed E-state index contributed by atoms with van der Waals surface area (Å²) >= 11 is 3.05. The molecule has 0 unspecified atom stereocenters. The van der Waals surface area contributed by atoms with Crippen LogP contribution in [0.4, 0.5) is 10.1 Å². The lowest BCUT2D eigenvalue weighted by Crippen LogP contribution is -2.38. The van der Waals surface area contributed by atoms with Crippen LogP contribution >= 0.6 is 15.9 Å². The van der Waals surface area contributed by atoms with Crippen molar-refractivity contribution < 1.29 is 18.8 Å². The van der Waals surface area contributed by atoms with E-state index in [0.717, 1.165) is 6.07 Å². The van der Waals surface area contributed by atoms with Crippen LogP contribution in [-0.4, -0.2) is 24.2 Å². The molecule has 1 fully saturated rings. The van der Waals surface area contributed by atoms with Gasteiger partial charge in [-0.25, -0.2) is 0 Å². The van der Waals surface area contributed by atoms with Crippen molar-refractivity contribution in [3.63, 3.8) is 0 Å². The Bertz CT molecular complexity index is 436. The zero-order chi connectivity index (χ0) is 11.7. The maximum absolute atomic E-state index is 13.4. The molecule has 0 radical (unpaired) electrons. The Balaban J connectivity index is 2.35. The van der Waals surface area contributed by atoms with Gasteiger partial charge in [-0.05, 0) is 6.07 Å². The van der Waals surface area contributed by atoms with E-state index in [1.54, 1.807) is 0 Å². The first-order valence-corrected chi connectivity index (χ1v) is 5.25. The third-order valence-corrected chi connectivity index (χ3v) is 2.53. The van der Waals surface area contributed by atoms with Crippen LogP contribution in [0.1, 0.15) is 0 Å². The average Bonchev–Trinajstić information content (AvgIpc) is 2.09. The highest BCUT2D eigenvalue weighted by molar-refractivity contribution is 9.10. The van der Waals surface area contributed by atoms with Gasteiger partial charge in [-0.15, -0.1) is 0 Å². The van der Waals surface area contributed by atoms with Gasteiger partial charge in [0, 0.05) is 10.5 Å². The van der Waals surface area contributed by atoms with E-state index in [-0.39, 0.29) is 11.9 Å². The molecule has 1 aromatic carbocycles. The van der Waals surface area contributed by atoms with Gasteiger partial charge in [-0.1, -0.05) is 15.9 Å². The van der Waals surface area contributed by atoms with Crippen LogP contribution in [0.25, 0.3) is 0 Å². The lowest BCUT2D eigenvalue weighted by Gasteiger charge is -2.26. The average molecular weight is 292 g/mol. The van der Waals surface area contributed by atoms with Crippen LogP contribution in [0.3, 0.4) is 0 Å². The Morgan fingerprint density at radius 2 is 2.25 bits per heavy atom. The summed E-state index contributed by atoms with van der Waals surface area (Å²) in [6, 6.07) is 2.40. The van der Waals surface area contributed by atoms with Crippen molar-refractivity contribution in [1.29, 1.82) is 0 Å². The molecule has 0 N–H and O–H groups in total. The van der Waals surface area contributed by atoms with Crippen LogP contribution in [0.15, 0.2) is 16.6 Å². The Labute approximate surface area is 98.4 Å². The van der Waals surface area contributed by atoms with Gasteiger partial charge in [0.05, 0.1) is 18.1 Å². The molecule has 0 aliphatic carbocycles. The minimum Gasteiger partial charge on any atom is -0.478 e. The zero-order valence-corrected chi connectivity index (χ0v) is 9.57. The second-order valence-electron chi connectivity index (χ2n) is 3.27. The van der Waals surface area contributed by atoms with Crippen molar-refractivity contribution in [2.45, 2.75) is 6.10 Å². The third kappa shape index (κ3) is 2.14. The molecule has 7 heteroatoms. The minimum atomic E-state index is -0.922. The monoisotopic (exact) mass is 291 g/mol. The summed E-state index contributed by atoms with van der Waals surface area (Å²) in [6.07, 6.45) is -0.243. The summed E-state index contributed by atoms with van der Waals surface area (Å²) in [6.45, 7) is 0.733. The van der Waals surface area contributed by atoms with E-state index in [4.69, 9.17) is 9.47 Å². The molecule has 0 spiro atoms. The molecule has 1 heterocycles. The number of nitro groups is 1. The molecule has 2 rings (SSSR count). The summed E-state index contributed by atoms with van der Waals surface area (Å²) in [7, 11) is 0. The Morgan fingerprint density at radius 3 is 2.75 bits per heavy atom. The summed E-state index contributed by atoms with van der Waals surface area (Å²) in [5.74, 6) is -1.00. The molecule has 1 saturated heterocycles. The molecule has 16 heavy (non-hydrogen) atoms. The van der Waals surface area contributed by atoms with E-state index in [2.05, 4.69) is 15.9 Å². The largest absolute Gasteiger partial charge is 0.478 e. The molecule has 0 amide bonds.